The van der Waals surface area contributed by atoms with Gasteiger partial charge in [0.15, 0.2) is 0 Å². The quantitative estimate of drug-likeness (QED) is 0.174. The van der Waals surface area contributed by atoms with Crippen LogP contribution in [0.5, 0.6) is 0 Å². The van der Waals surface area contributed by atoms with Crippen LogP contribution in [0.4, 0.5) is 5.69 Å². The van der Waals surface area contributed by atoms with E-state index in [1.54, 1.807) is 28.0 Å². The van der Waals surface area contributed by atoms with Gasteiger partial charge in [-0.15, -0.1) is 0 Å². The molecule has 1 aliphatic rings. The molecule has 10 heteroatoms. The van der Waals surface area contributed by atoms with E-state index in [1.807, 2.05) is 49.4 Å². The van der Waals surface area contributed by atoms with Crippen molar-refractivity contribution >= 4 is 23.6 Å². The third kappa shape index (κ3) is 9.40. The molecule has 0 saturated carbocycles. The molecule has 4 rings (SSSR count). The number of carbonyl (C=O) groups excluding carboxylic acids is 2. The maximum Gasteiger partial charge on any atom is 0.269 e. The predicted molar refractivity (Wildman–Crippen MR) is 155 cm³/mol. The molecule has 41 heavy (non-hydrogen) atoms. The van der Waals surface area contributed by atoms with Crippen molar-refractivity contribution < 1.29 is 23.7 Å². The van der Waals surface area contributed by atoms with Gasteiger partial charge < -0.3 is 19.0 Å². The summed E-state index contributed by atoms with van der Waals surface area (Å²) in [6, 6.07) is 19.4. The van der Waals surface area contributed by atoms with Crippen molar-refractivity contribution in [1.29, 1.82) is 0 Å². The summed E-state index contributed by atoms with van der Waals surface area (Å²) in [5.74, 6) is 0.956. The molecular weight excluding hydrogens is 524 g/mol. The van der Waals surface area contributed by atoms with Gasteiger partial charge in [0.2, 0.25) is 11.8 Å². The molecule has 3 aromatic rings. The van der Waals surface area contributed by atoms with E-state index >= 15 is 0 Å². The first-order valence-electron chi connectivity index (χ1n) is 13.8. The van der Waals surface area contributed by atoms with Crippen molar-refractivity contribution in [2.24, 2.45) is 0 Å². The van der Waals surface area contributed by atoms with Crippen LogP contribution in [0, 0.1) is 17.0 Å². The van der Waals surface area contributed by atoms with Gasteiger partial charge in [-0.25, -0.2) is 0 Å². The Morgan fingerprint density at radius 2 is 1.71 bits per heavy atom. The zero-order chi connectivity index (χ0) is 29.0. The fourth-order valence-corrected chi connectivity index (χ4v) is 4.61. The normalized spacial score (nSPS) is 13.8. The molecule has 0 bridgehead atoms. The second-order valence-electron chi connectivity index (χ2n) is 10.00. The molecule has 1 fully saturated rings. The molecule has 10 nitrogen and oxygen atoms in total. The van der Waals surface area contributed by atoms with Crippen LogP contribution in [0.2, 0.25) is 0 Å². The standard InChI is InChI=1S/C31H36N4O6/c1-25-8-14-29(41-25)23-34(22-27-6-3-2-4-7-27)31(37)24-33(17-5-16-32-18-20-40-21-19-32)30(36)15-11-26-9-12-28(13-10-26)35(38)39/h2-4,6-15H,5,16-24H2,1H3/b15-11+. The summed E-state index contributed by atoms with van der Waals surface area (Å²) in [5, 5.41) is 10.9. The van der Waals surface area contributed by atoms with Crippen molar-refractivity contribution in [3.05, 3.63) is 106 Å². The highest BCUT2D eigenvalue weighted by molar-refractivity contribution is 5.94. The number of ether oxygens (including phenoxy) is 1. The summed E-state index contributed by atoms with van der Waals surface area (Å²) in [7, 11) is 0. The summed E-state index contributed by atoms with van der Waals surface area (Å²) >= 11 is 0. The first-order chi connectivity index (χ1) is 19.9. The van der Waals surface area contributed by atoms with Crippen LogP contribution in [-0.4, -0.2) is 77.4 Å². The molecular formula is C31H36N4O6. The van der Waals surface area contributed by atoms with E-state index in [1.165, 1.54) is 18.2 Å². The number of furan rings is 1. The number of hydrogen-bond acceptors (Lipinski definition) is 7. The molecule has 2 heterocycles. The average molecular weight is 561 g/mol. The van der Waals surface area contributed by atoms with E-state index in [9.17, 15) is 19.7 Å². The minimum atomic E-state index is -0.467. The Morgan fingerprint density at radius 1 is 0.976 bits per heavy atom. The Hall–Kier alpha value is -4.28. The van der Waals surface area contributed by atoms with Crippen LogP contribution in [0.1, 0.15) is 29.1 Å². The lowest BCUT2D eigenvalue weighted by atomic mass is 10.2. The number of rotatable bonds is 13. The van der Waals surface area contributed by atoms with Gasteiger partial charge in [-0.05, 0) is 54.8 Å². The third-order valence-corrected chi connectivity index (χ3v) is 6.88. The third-order valence-electron chi connectivity index (χ3n) is 6.88. The van der Waals surface area contributed by atoms with Crippen molar-refractivity contribution in [3.8, 4) is 0 Å². The van der Waals surface area contributed by atoms with E-state index in [4.69, 9.17) is 9.15 Å². The van der Waals surface area contributed by atoms with Crippen molar-refractivity contribution in [3.63, 3.8) is 0 Å². The summed E-state index contributed by atoms with van der Waals surface area (Å²) in [5.41, 5.74) is 1.61. The van der Waals surface area contributed by atoms with Gasteiger partial charge in [-0.3, -0.25) is 24.6 Å². The molecule has 1 aromatic heterocycles. The summed E-state index contributed by atoms with van der Waals surface area (Å²) in [6.07, 6.45) is 3.74. The molecule has 0 N–H and O–H groups in total. The van der Waals surface area contributed by atoms with E-state index in [0.717, 1.165) is 31.0 Å². The highest BCUT2D eigenvalue weighted by Gasteiger charge is 2.22. The van der Waals surface area contributed by atoms with E-state index in [0.29, 0.717) is 44.0 Å². The van der Waals surface area contributed by atoms with Crippen molar-refractivity contribution in [2.75, 3.05) is 45.9 Å². The molecule has 0 spiro atoms. The van der Waals surface area contributed by atoms with Crippen molar-refractivity contribution in [1.82, 2.24) is 14.7 Å². The van der Waals surface area contributed by atoms with Crippen LogP contribution in [-0.2, 0) is 27.4 Å². The molecule has 0 aliphatic carbocycles. The molecule has 0 radical (unpaired) electrons. The first kappa shape index (κ1) is 29.7. The maximum atomic E-state index is 13.7. The summed E-state index contributed by atoms with van der Waals surface area (Å²) < 4.78 is 11.2. The Balaban J connectivity index is 1.48. The van der Waals surface area contributed by atoms with Gasteiger partial charge in [0.25, 0.3) is 5.69 Å². The second kappa shape index (κ2) is 14.9. The van der Waals surface area contributed by atoms with E-state index in [-0.39, 0.29) is 30.6 Å². The summed E-state index contributed by atoms with van der Waals surface area (Å²) in [4.78, 5) is 43.1. The fourth-order valence-electron chi connectivity index (χ4n) is 4.61. The number of carbonyl (C=O) groups is 2. The van der Waals surface area contributed by atoms with Crippen LogP contribution >= 0.6 is 0 Å². The smallest absolute Gasteiger partial charge is 0.269 e. The zero-order valence-electron chi connectivity index (χ0n) is 23.3. The highest BCUT2D eigenvalue weighted by Crippen LogP contribution is 2.15. The molecule has 1 aliphatic heterocycles. The number of hydrogen-bond donors (Lipinski definition) is 0. The molecule has 216 valence electrons. The number of nitro groups is 1. The monoisotopic (exact) mass is 560 g/mol. The molecule has 2 aromatic carbocycles. The fraction of sp³-hybridized carbons (Fsp3) is 0.355. The average Bonchev–Trinajstić information content (AvgIpc) is 3.40. The van der Waals surface area contributed by atoms with Gasteiger partial charge in [-0.1, -0.05) is 30.3 Å². The summed E-state index contributed by atoms with van der Waals surface area (Å²) in [6.45, 7) is 6.74. The number of benzene rings is 2. The topological polar surface area (TPSA) is 109 Å². The van der Waals surface area contributed by atoms with Crippen LogP contribution < -0.4 is 0 Å². The van der Waals surface area contributed by atoms with Gasteiger partial charge in [0.1, 0.15) is 18.1 Å². The van der Waals surface area contributed by atoms with Crippen LogP contribution in [0.3, 0.4) is 0 Å². The zero-order valence-corrected chi connectivity index (χ0v) is 23.3. The van der Waals surface area contributed by atoms with Gasteiger partial charge in [-0.2, -0.15) is 0 Å². The molecule has 0 unspecified atom stereocenters. The lowest BCUT2D eigenvalue weighted by Crippen LogP contribution is -2.43. The van der Waals surface area contributed by atoms with Crippen molar-refractivity contribution in [2.45, 2.75) is 26.4 Å². The Labute approximate surface area is 239 Å². The minimum absolute atomic E-state index is 0.0194. The number of amides is 2. The Bertz CT molecular complexity index is 1320. The number of nitro benzene ring substituents is 1. The van der Waals surface area contributed by atoms with Crippen LogP contribution in [0.15, 0.2) is 77.2 Å². The Kier molecular flexibility index (Phi) is 10.8. The predicted octanol–water partition coefficient (Wildman–Crippen LogP) is 4.29. The number of nitrogens with zero attached hydrogens (tertiary/aromatic N) is 4. The number of morpholine rings is 1. The molecule has 0 atom stereocenters. The van der Waals surface area contributed by atoms with E-state index < -0.39 is 4.92 Å². The van der Waals surface area contributed by atoms with E-state index in [2.05, 4.69) is 4.90 Å². The van der Waals surface area contributed by atoms with Gasteiger partial charge >= 0.3 is 0 Å². The maximum absolute atomic E-state index is 13.7. The molecule has 2 amide bonds. The van der Waals surface area contributed by atoms with Gasteiger partial charge in [0, 0.05) is 50.9 Å². The lowest BCUT2D eigenvalue weighted by Gasteiger charge is -2.29. The first-order valence-corrected chi connectivity index (χ1v) is 13.8. The van der Waals surface area contributed by atoms with Crippen LogP contribution in [0.25, 0.3) is 6.08 Å². The minimum Gasteiger partial charge on any atom is -0.464 e. The van der Waals surface area contributed by atoms with Gasteiger partial charge in [0.05, 0.1) is 24.7 Å². The second-order valence-corrected chi connectivity index (χ2v) is 10.00. The largest absolute Gasteiger partial charge is 0.464 e. The number of aryl methyl sites for hydroxylation is 1. The SMILES string of the molecule is Cc1ccc(CN(Cc2ccccc2)C(=O)CN(CCCN2CCOCC2)C(=O)/C=C/c2ccc([N+](=O)[O-])cc2)o1. The highest BCUT2D eigenvalue weighted by atomic mass is 16.6. The number of non-ortho nitro benzene ring substituents is 1. The Morgan fingerprint density at radius 3 is 2.37 bits per heavy atom. The lowest BCUT2D eigenvalue weighted by molar-refractivity contribution is -0.384. The molecule has 1 saturated heterocycles.